The molecular weight excluding hydrogens is 584 g/mol. The Bertz CT molecular complexity index is 2420. The van der Waals surface area contributed by atoms with E-state index in [4.69, 9.17) is 0 Å². The van der Waals surface area contributed by atoms with E-state index in [9.17, 15) is 8.78 Å². The van der Waals surface area contributed by atoms with E-state index in [2.05, 4.69) is 99.0 Å². The van der Waals surface area contributed by atoms with E-state index in [0.29, 0.717) is 0 Å². The minimum absolute atomic E-state index is 0.265. The third kappa shape index (κ3) is 4.39. The van der Waals surface area contributed by atoms with Crippen molar-refractivity contribution >= 4 is 60.7 Å². The van der Waals surface area contributed by atoms with Gasteiger partial charge in [-0.05, 0) is 97.1 Å². The second-order valence-corrected chi connectivity index (χ2v) is 11.7. The molecule has 0 saturated carbocycles. The predicted octanol–water partition coefficient (Wildman–Crippen LogP) is 11.6. The van der Waals surface area contributed by atoms with Crippen molar-refractivity contribution in [1.29, 1.82) is 0 Å². The van der Waals surface area contributed by atoms with Gasteiger partial charge in [0.2, 0.25) is 0 Å². The monoisotopic (exact) mass is 611 g/mol. The summed E-state index contributed by atoms with van der Waals surface area (Å²) in [4.78, 5) is 2.26. The first kappa shape index (κ1) is 27.1. The molecular formula is C42H27F2N3. The molecule has 3 nitrogen and oxygen atoms in total. The zero-order chi connectivity index (χ0) is 31.5. The number of benzene rings is 7. The molecule has 0 radical (unpaired) electrons. The number of para-hydroxylation sites is 3. The molecule has 0 atom stereocenters. The Labute approximate surface area is 269 Å². The van der Waals surface area contributed by atoms with Gasteiger partial charge in [0.1, 0.15) is 11.6 Å². The molecule has 0 aliphatic heterocycles. The molecule has 2 heterocycles. The highest BCUT2D eigenvalue weighted by Gasteiger charge is 2.20. The normalized spacial score (nSPS) is 11.6. The zero-order valence-corrected chi connectivity index (χ0v) is 25.2. The van der Waals surface area contributed by atoms with Gasteiger partial charge in [-0.2, -0.15) is 0 Å². The van der Waals surface area contributed by atoms with Crippen LogP contribution in [0.1, 0.15) is 0 Å². The Morgan fingerprint density at radius 2 is 0.745 bits per heavy atom. The zero-order valence-electron chi connectivity index (χ0n) is 25.2. The highest BCUT2D eigenvalue weighted by molar-refractivity contribution is 6.12. The van der Waals surface area contributed by atoms with Crippen molar-refractivity contribution in [2.75, 3.05) is 4.90 Å². The first-order chi connectivity index (χ1) is 23.1. The average molecular weight is 612 g/mol. The number of hydrogen-bond donors (Lipinski definition) is 0. The number of aromatic nitrogens is 2. The lowest BCUT2D eigenvalue weighted by molar-refractivity contribution is 0.627. The maximum atomic E-state index is 14.0. The summed E-state index contributed by atoms with van der Waals surface area (Å²) in [6, 6.07) is 53.4. The molecule has 5 heteroatoms. The Morgan fingerprint density at radius 1 is 0.340 bits per heavy atom. The molecule has 0 bridgehead atoms. The number of fused-ring (bicyclic) bond motifs is 6. The quantitative estimate of drug-likeness (QED) is 0.189. The van der Waals surface area contributed by atoms with Gasteiger partial charge in [0.15, 0.2) is 0 Å². The number of halogens is 2. The number of anilines is 3. The lowest BCUT2D eigenvalue weighted by atomic mass is 10.1. The van der Waals surface area contributed by atoms with E-state index in [1.165, 1.54) is 24.3 Å². The lowest BCUT2D eigenvalue weighted by Gasteiger charge is -2.26. The Hall–Kier alpha value is -6.20. The molecule has 224 valence electrons. The van der Waals surface area contributed by atoms with E-state index >= 15 is 0 Å². The summed E-state index contributed by atoms with van der Waals surface area (Å²) in [5.74, 6) is -0.530. The average Bonchev–Trinajstić information content (AvgIpc) is 3.62. The minimum atomic E-state index is -0.265. The summed E-state index contributed by atoms with van der Waals surface area (Å²) in [5.41, 5.74) is 8.94. The molecule has 0 fully saturated rings. The van der Waals surface area contributed by atoms with E-state index in [0.717, 1.165) is 72.0 Å². The van der Waals surface area contributed by atoms with Gasteiger partial charge >= 0.3 is 0 Å². The van der Waals surface area contributed by atoms with Crippen LogP contribution >= 0.6 is 0 Å². The first-order valence-electron chi connectivity index (χ1n) is 15.6. The summed E-state index contributed by atoms with van der Waals surface area (Å²) >= 11 is 0. The molecule has 2 aromatic heterocycles. The smallest absolute Gasteiger partial charge is 0.123 e. The van der Waals surface area contributed by atoms with Crippen LogP contribution in [-0.2, 0) is 0 Å². The molecule has 0 spiro atoms. The summed E-state index contributed by atoms with van der Waals surface area (Å²) in [6.07, 6.45) is 0. The van der Waals surface area contributed by atoms with Crippen molar-refractivity contribution in [3.63, 3.8) is 0 Å². The van der Waals surface area contributed by atoms with Gasteiger partial charge in [-0.1, -0.05) is 66.7 Å². The molecule has 7 aromatic carbocycles. The highest BCUT2D eigenvalue weighted by atomic mass is 19.1. The molecule has 0 amide bonds. The second kappa shape index (κ2) is 10.7. The van der Waals surface area contributed by atoms with Crippen LogP contribution in [0.3, 0.4) is 0 Å². The topological polar surface area (TPSA) is 13.1 Å². The molecule has 47 heavy (non-hydrogen) atoms. The Morgan fingerprint density at radius 3 is 1.21 bits per heavy atom. The second-order valence-electron chi connectivity index (χ2n) is 11.7. The van der Waals surface area contributed by atoms with Gasteiger partial charge in [0.05, 0.1) is 22.1 Å². The van der Waals surface area contributed by atoms with Crippen LogP contribution in [0.15, 0.2) is 164 Å². The van der Waals surface area contributed by atoms with Gasteiger partial charge < -0.3 is 14.0 Å². The van der Waals surface area contributed by atoms with Crippen molar-refractivity contribution in [2.24, 2.45) is 0 Å². The Balaban J connectivity index is 1.30. The van der Waals surface area contributed by atoms with Crippen LogP contribution in [0.5, 0.6) is 0 Å². The molecule has 9 aromatic rings. The van der Waals surface area contributed by atoms with Gasteiger partial charge in [0.25, 0.3) is 0 Å². The van der Waals surface area contributed by atoms with Crippen LogP contribution in [0.25, 0.3) is 55.0 Å². The van der Waals surface area contributed by atoms with Crippen molar-refractivity contribution in [2.45, 2.75) is 0 Å². The molecule has 0 N–H and O–H groups in total. The van der Waals surface area contributed by atoms with Crippen LogP contribution in [0.2, 0.25) is 0 Å². The van der Waals surface area contributed by atoms with Gasteiger partial charge in [-0.15, -0.1) is 0 Å². The molecule has 0 aliphatic carbocycles. The predicted molar refractivity (Wildman–Crippen MR) is 190 cm³/mol. The summed E-state index contributed by atoms with van der Waals surface area (Å²) < 4.78 is 32.4. The number of rotatable bonds is 5. The van der Waals surface area contributed by atoms with E-state index < -0.39 is 0 Å². The standard InChI is InChI=1S/C42H27F2N3/c43-28-14-18-31(19-15-28)46-39-12-6-4-10-35(39)37-24-22-33(26-41(37)46)45(30-8-2-1-3-9-30)34-23-25-38-36-11-5-7-13-40(36)47(42(38)27-34)32-20-16-29(44)17-21-32/h1-27H. The molecule has 0 saturated heterocycles. The van der Waals surface area contributed by atoms with Crippen LogP contribution < -0.4 is 4.90 Å². The SMILES string of the molecule is Fc1ccc(-n2c3ccccc3c3ccc(N(c4ccccc4)c4ccc5c6ccccc6n(-c6ccc(F)cc6)c5c4)cc32)cc1. The van der Waals surface area contributed by atoms with Crippen molar-refractivity contribution < 1.29 is 8.78 Å². The summed E-state index contributed by atoms with van der Waals surface area (Å²) in [6.45, 7) is 0. The maximum absolute atomic E-state index is 14.0. The molecule has 9 rings (SSSR count). The third-order valence-corrected chi connectivity index (χ3v) is 9.02. The van der Waals surface area contributed by atoms with Crippen molar-refractivity contribution in [1.82, 2.24) is 9.13 Å². The van der Waals surface area contributed by atoms with Crippen LogP contribution in [0.4, 0.5) is 25.8 Å². The molecule has 0 unspecified atom stereocenters. The fourth-order valence-electron chi connectivity index (χ4n) is 6.96. The van der Waals surface area contributed by atoms with Gasteiger partial charge in [0, 0.05) is 50.0 Å². The van der Waals surface area contributed by atoms with E-state index in [-0.39, 0.29) is 11.6 Å². The van der Waals surface area contributed by atoms with Crippen LogP contribution in [-0.4, -0.2) is 9.13 Å². The minimum Gasteiger partial charge on any atom is -0.310 e. The summed E-state index contributed by atoms with van der Waals surface area (Å²) in [7, 11) is 0. The maximum Gasteiger partial charge on any atom is 0.123 e. The van der Waals surface area contributed by atoms with E-state index in [1.54, 1.807) is 0 Å². The van der Waals surface area contributed by atoms with E-state index in [1.807, 2.05) is 54.6 Å². The largest absolute Gasteiger partial charge is 0.310 e. The number of hydrogen-bond acceptors (Lipinski definition) is 1. The third-order valence-electron chi connectivity index (χ3n) is 9.02. The Kier molecular flexibility index (Phi) is 6.18. The fraction of sp³-hybridized carbons (Fsp3) is 0. The lowest BCUT2D eigenvalue weighted by Crippen LogP contribution is -2.10. The molecule has 0 aliphatic rings. The van der Waals surface area contributed by atoms with Crippen molar-refractivity contribution in [3.8, 4) is 11.4 Å². The number of nitrogens with zero attached hydrogens (tertiary/aromatic N) is 3. The summed E-state index contributed by atoms with van der Waals surface area (Å²) in [5, 5.41) is 4.51. The van der Waals surface area contributed by atoms with Crippen molar-refractivity contribution in [3.05, 3.63) is 175 Å². The van der Waals surface area contributed by atoms with Gasteiger partial charge in [-0.3, -0.25) is 0 Å². The first-order valence-corrected chi connectivity index (χ1v) is 15.6. The van der Waals surface area contributed by atoms with Crippen LogP contribution in [0, 0.1) is 11.6 Å². The van der Waals surface area contributed by atoms with Gasteiger partial charge in [-0.25, -0.2) is 8.78 Å². The fourth-order valence-corrected chi connectivity index (χ4v) is 6.96. The highest BCUT2D eigenvalue weighted by Crippen LogP contribution is 2.42.